The summed E-state index contributed by atoms with van der Waals surface area (Å²) in [7, 11) is 2.18. The van der Waals surface area contributed by atoms with E-state index in [1.807, 2.05) is 12.3 Å². The summed E-state index contributed by atoms with van der Waals surface area (Å²) >= 11 is 0. The van der Waals surface area contributed by atoms with Crippen LogP contribution in [0.3, 0.4) is 0 Å². The number of furan rings is 1. The molecule has 16 heavy (non-hydrogen) atoms. The fourth-order valence-corrected chi connectivity index (χ4v) is 2.38. The highest BCUT2D eigenvalue weighted by atomic mass is 16.3. The first-order valence-corrected chi connectivity index (χ1v) is 6.25. The lowest BCUT2D eigenvalue weighted by atomic mass is 10.0. The zero-order valence-electron chi connectivity index (χ0n) is 10.1. The molecule has 1 aliphatic rings. The second-order valence-electron chi connectivity index (χ2n) is 4.87. The Balaban J connectivity index is 1.58. The molecule has 1 atom stereocenters. The second-order valence-corrected chi connectivity index (χ2v) is 4.87. The van der Waals surface area contributed by atoms with E-state index in [0.717, 1.165) is 12.5 Å². The van der Waals surface area contributed by atoms with E-state index in [4.69, 9.17) is 4.42 Å². The summed E-state index contributed by atoms with van der Waals surface area (Å²) in [4.78, 5) is 2.37. The Labute approximate surface area is 97.8 Å². The zero-order chi connectivity index (χ0) is 11.2. The molecule has 2 rings (SSSR count). The normalized spacial score (nSPS) is 20.8. The van der Waals surface area contributed by atoms with Gasteiger partial charge in [-0.1, -0.05) is 0 Å². The minimum absolute atomic E-state index is 0.919. The van der Waals surface area contributed by atoms with Crippen LogP contribution in [0.4, 0.5) is 0 Å². The van der Waals surface area contributed by atoms with Gasteiger partial charge < -0.3 is 14.6 Å². The molecule has 0 bridgehead atoms. The Bertz CT molecular complexity index is 278. The third-order valence-electron chi connectivity index (χ3n) is 3.35. The maximum atomic E-state index is 5.07. The highest BCUT2D eigenvalue weighted by Crippen LogP contribution is 2.14. The molecule has 0 aliphatic carbocycles. The molecular formula is C13H22N2O. The molecule has 1 aromatic heterocycles. The number of nitrogens with one attached hydrogen (secondary N) is 1. The van der Waals surface area contributed by atoms with E-state index >= 15 is 0 Å². The van der Waals surface area contributed by atoms with Gasteiger partial charge >= 0.3 is 0 Å². The van der Waals surface area contributed by atoms with Crippen molar-refractivity contribution in [2.24, 2.45) is 5.92 Å². The van der Waals surface area contributed by atoms with Crippen LogP contribution in [0.25, 0.3) is 0 Å². The van der Waals surface area contributed by atoms with Gasteiger partial charge in [-0.3, -0.25) is 0 Å². The number of hydrogen-bond acceptors (Lipinski definition) is 3. The predicted octanol–water partition coefficient (Wildman–Crippen LogP) is 2.10. The third-order valence-corrected chi connectivity index (χ3v) is 3.35. The van der Waals surface area contributed by atoms with Gasteiger partial charge in [0.15, 0.2) is 0 Å². The molecule has 0 amide bonds. The lowest BCUT2D eigenvalue weighted by Crippen LogP contribution is -2.19. The number of hydrogen-bond donors (Lipinski definition) is 1. The fourth-order valence-electron chi connectivity index (χ4n) is 2.38. The van der Waals surface area contributed by atoms with Gasteiger partial charge in [-0.05, 0) is 57.9 Å². The highest BCUT2D eigenvalue weighted by molar-refractivity contribution is 5.04. The topological polar surface area (TPSA) is 28.4 Å². The van der Waals surface area contributed by atoms with Crippen molar-refractivity contribution in [3.8, 4) is 0 Å². The summed E-state index contributed by atoms with van der Waals surface area (Å²) < 4.78 is 5.07. The average Bonchev–Trinajstić information content (AvgIpc) is 2.90. The Hall–Kier alpha value is -0.800. The molecule has 0 aromatic carbocycles. The molecule has 0 radical (unpaired) electrons. The van der Waals surface area contributed by atoms with Gasteiger partial charge in [0.1, 0.15) is 0 Å². The van der Waals surface area contributed by atoms with E-state index in [0.29, 0.717) is 0 Å². The molecule has 1 aromatic rings. The molecule has 2 heterocycles. The van der Waals surface area contributed by atoms with Crippen LogP contribution < -0.4 is 5.32 Å². The van der Waals surface area contributed by atoms with Crippen molar-refractivity contribution in [3.05, 3.63) is 24.2 Å². The second kappa shape index (κ2) is 6.06. The first-order chi connectivity index (χ1) is 7.84. The van der Waals surface area contributed by atoms with Crippen molar-refractivity contribution >= 4 is 0 Å². The largest absolute Gasteiger partial charge is 0.472 e. The Kier molecular flexibility index (Phi) is 4.43. The minimum atomic E-state index is 0.919. The Morgan fingerprint density at radius 1 is 1.56 bits per heavy atom. The van der Waals surface area contributed by atoms with Crippen molar-refractivity contribution in [2.75, 3.05) is 26.7 Å². The van der Waals surface area contributed by atoms with Gasteiger partial charge in [0, 0.05) is 12.1 Å². The molecule has 3 nitrogen and oxygen atoms in total. The van der Waals surface area contributed by atoms with E-state index < -0.39 is 0 Å². The van der Waals surface area contributed by atoms with Crippen LogP contribution in [-0.2, 0) is 6.54 Å². The van der Waals surface area contributed by atoms with Crippen LogP contribution in [0.15, 0.2) is 23.0 Å². The summed E-state index contributed by atoms with van der Waals surface area (Å²) in [5.74, 6) is 0.919. The van der Waals surface area contributed by atoms with Gasteiger partial charge in [-0.25, -0.2) is 0 Å². The van der Waals surface area contributed by atoms with Crippen LogP contribution in [-0.4, -0.2) is 31.6 Å². The highest BCUT2D eigenvalue weighted by Gasteiger charge is 2.13. The van der Waals surface area contributed by atoms with E-state index in [9.17, 15) is 0 Å². The monoisotopic (exact) mass is 222 g/mol. The summed E-state index contributed by atoms with van der Waals surface area (Å²) in [6.07, 6.45) is 7.61. The quantitative estimate of drug-likeness (QED) is 0.799. The first-order valence-electron chi connectivity index (χ1n) is 6.25. The van der Waals surface area contributed by atoms with E-state index in [2.05, 4.69) is 17.3 Å². The summed E-state index contributed by atoms with van der Waals surface area (Å²) in [6, 6.07) is 2.04. The van der Waals surface area contributed by atoms with Crippen molar-refractivity contribution in [2.45, 2.75) is 25.8 Å². The molecule has 1 unspecified atom stereocenters. The van der Waals surface area contributed by atoms with Crippen LogP contribution in [0.2, 0.25) is 0 Å². The number of nitrogens with zero attached hydrogens (tertiary/aromatic N) is 1. The van der Waals surface area contributed by atoms with Crippen molar-refractivity contribution in [1.29, 1.82) is 0 Å². The van der Waals surface area contributed by atoms with Gasteiger partial charge in [0.25, 0.3) is 0 Å². The maximum Gasteiger partial charge on any atom is 0.0947 e. The standard InChI is InChI=1S/C13H22N2O/c1-15(10-13-5-8-16-11-13)7-2-3-12-4-6-14-9-12/h5,8,11-12,14H,2-4,6-7,9-10H2,1H3. The molecule has 1 aliphatic heterocycles. The molecule has 0 spiro atoms. The van der Waals surface area contributed by atoms with Crippen molar-refractivity contribution in [1.82, 2.24) is 10.2 Å². The summed E-state index contributed by atoms with van der Waals surface area (Å²) in [5.41, 5.74) is 1.27. The van der Waals surface area contributed by atoms with Crippen LogP contribution in [0, 0.1) is 5.92 Å². The summed E-state index contributed by atoms with van der Waals surface area (Å²) in [6.45, 7) is 4.63. The molecule has 1 N–H and O–H groups in total. The zero-order valence-corrected chi connectivity index (χ0v) is 10.1. The predicted molar refractivity (Wildman–Crippen MR) is 65.3 cm³/mol. The lowest BCUT2D eigenvalue weighted by Gasteiger charge is -2.16. The molecule has 1 saturated heterocycles. The van der Waals surface area contributed by atoms with Crippen LogP contribution in [0.1, 0.15) is 24.8 Å². The maximum absolute atomic E-state index is 5.07. The lowest BCUT2D eigenvalue weighted by molar-refractivity contribution is 0.307. The van der Waals surface area contributed by atoms with E-state index in [1.165, 1.54) is 44.5 Å². The molecule has 3 heteroatoms. The fraction of sp³-hybridized carbons (Fsp3) is 0.692. The molecule has 1 fully saturated rings. The van der Waals surface area contributed by atoms with Gasteiger partial charge in [-0.2, -0.15) is 0 Å². The molecule has 0 saturated carbocycles. The van der Waals surface area contributed by atoms with E-state index in [1.54, 1.807) is 6.26 Å². The Morgan fingerprint density at radius 3 is 3.19 bits per heavy atom. The first kappa shape index (κ1) is 11.7. The van der Waals surface area contributed by atoms with Crippen LogP contribution >= 0.6 is 0 Å². The number of rotatable bonds is 6. The summed E-state index contributed by atoms with van der Waals surface area (Å²) in [5, 5.41) is 3.42. The Morgan fingerprint density at radius 2 is 2.50 bits per heavy atom. The average molecular weight is 222 g/mol. The van der Waals surface area contributed by atoms with E-state index in [-0.39, 0.29) is 0 Å². The molecule has 90 valence electrons. The minimum Gasteiger partial charge on any atom is -0.472 e. The SMILES string of the molecule is CN(CCCC1CCNC1)Cc1ccoc1. The van der Waals surface area contributed by atoms with Gasteiger partial charge in [-0.15, -0.1) is 0 Å². The van der Waals surface area contributed by atoms with Gasteiger partial charge in [0.2, 0.25) is 0 Å². The van der Waals surface area contributed by atoms with Crippen LogP contribution in [0.5, 0.6) is 0 Å². The third kappa shape index (κ3) is 3.65. The van der Waals surface area contributed by atoms with Gasteiger partial charge in [0.05, 0.1) is 12.5 Å². The van der Waals surface area contributed by atoms with Crippen molar-refractivity contribution in [3.63, 3.8) is 0 Å². The molecular weight excluding hydrogens is 200 g/mol. The smallest absolute Gasteiger partial charge is 0.0947 e. The van der Waals surface area contributed by atoms with Crippen molar-refractivity contribution < 1.29 is 4.42 Å².